The Balaban J connectivity index is 1.86. The van der Waals surface area contributed by atoms with Gasteiger partial charge in [-0.2, -0.15) is 0 Å². The van der Waals surface area contributed by atoms with Gasteiger partial charge in [0.25, 0.3) is 11.6 Å². The second-order valence-electron chi connectivity index (χ2n) is 5.60. The van der Waals surface area contributed by atoms with Crippen LogP contribution in [0.25, 0.3) is 6.08 Å². The molecule has 0 aliphatic rings. The van der Waals surface area contributed by atoms with Crippen LogP contribution in [0.5, 0.6) is 0 Å². The standard InChI is InChI=1S/C19H17ClN2O5/c1-13(15-6-4-7-16(20)11-15)21-18(23)12-27-19(24)10-9-14-5-2-3-8-17(14)22(25)26/h2-11,13H,12H2,1H3,(H,21,23)/b10-9+/t13-/m0/s1. The fourth-order valence-electron chi connectivity index (χ4n) is 2.28. The van der Waals surface area contributed by atoms with Crippen molar-refractivity contribution in [1.82, 2.24) is 5.32 Å². The number of carbonyl (C=O) groups excluding carboxylic acids is 2. The molecule has 0 aliphatic carbocycles. The van der Waals surface area contributed by atoms with Crippen molar-refractivity contribution in [2.24, 2.45) is 0 Å². The van der Waals surface area contributed by atoms with Gasteiger partial charge in [0.1, 0.15) is 0 Å². The van der Waals surface area contributed by atoms with E-state index in [0.29, 0.717) is 5.02 Å². The number of hydrogen-bond acceptors (Lipinski definition) is 5. The third-order valence-corrected chi connectivity index (χ3v) is 3.84. The van der Waals surface area contributed by atoms with Crippen molar-refractivity contribution < 1.29 is 19.2 Å². The van der Waals surface area contributed by atoms with E-state index in [1.165, 1.54) is 24.3 Å². The zero-order valence-electron chi connectivity index (χ0n) is 14.4. The number of nitrogens with zero attached hydrogens (tertiary/aromatic N) is 1. The molecule has 0 saturated heterocycles. The first kappa shape index (κ1) is 20.1. The number of amides is 1. The third kappa shape index (κ3) is 6.23. The molecular formula is C19H17ClN2O5. The number of nitrogens with one attached hydrogen (secondary N) is 1. The zero-order chi connectivity index (χ0) is 19.8. The summed E-state index contributed by atoms with van der Waals surface area (Å²) in [5.41, 5.74) is 0.951. The molecule has 0 heterocycles. The van der Waals surface area contributed by atoms with Gasteiger partial charge in [-0.25, -0.2) is 4.79 Å². The predicted molar refractivity (Wildman–Crippen MR) is 101 cm³/mol. The van der Waals surface area contributed by atoms with Crippen molar-refractivity contribution in [3.05, 3.63) is 80.9 Å². The minimum Gasteiger partial charge on any atom is -0.452 e. The van der Waals surface area contributed by atoms with Crippen LogP contribution in [0.1, 0.15) is 24.1 Å². The van der Waals surface area contributed by atoms with Crippen molar-refractivity contribution in [3.8, 4) is 0 Å². The van der Waals surface area contributed by atoms with Gasteiger partial charge in [-0.1, -0.05) is 35.9 Å². The van der Waals surface area contributed by atoms with Gasteiger partial charge in [0, 0.05) is 17.2 Å². The van der Waals surface area contributed by atoms with E-state index < -0.39 is 23.4 Å². The lowest BCUT2D eigenvalue weighted by molar-refractivity contribution is -0.385. The van der Waals surface area contributed by atoms with Gasteiger partial charge in [0.05, 0.1) is 16.5 Å². The van der Waals surface area contributed by atoms with Crippen LogP contribution in [-0.4, -0.2) is 23.4 Å². The normalized spacial score (nSPS) is 11.8. The molecule has 0 radical (unpaired) electrons. The first-order valence-electron chi connectivity index (χ1n) is 8.00. The number of hydrogen-bond donors (Lipinski definition) is 1. The number of esters is 1. The van der Waals surface area contributed by atoms with E-state index in [-0.39, 0.29) is 17.3 Å². The molecule has 0 bridgehead atoms. The Hall–Kier alpha value is -3.19. The SMILES string of the molecule is C[C@H](NC(=O)COC(=O)/C=C/c1ccccc1[N+](=O)[O-])c1cccc(Cl)c1. The van der Waals surface area contributed by atoms with Crippen molar-refractivity contribution in [2.45, 2.75) is 13.0 Å². The highest BCUT2D eigenvalue weighted by Crippen LogP contribution is 2.19. The van der Waals surface area contributed by atoms with Gasteiger partial charge in [-0.3, -0.25) is 14.9 Å². The van der Waals surface area contributed by atoms with Crippen molar-refractivity contribution in [1.29, 1.82) is 0 Å². The van der Waals surface area contributed by atoms with Crippen LogP contribution < -0.4 is 5.32 Å². The first-order chi connectivity index (χ1) is 12.9. The second-order valence-corrected chi connectivity index (χ2v) is 6.04. The number of para-hydroxylation sites is 1. The number of rotatable bonds is 7. The minimum atomic E-state index is -0.779. The largest absolute Gasteiger partial charge is 0.452 e. The van der Waals surface area contributed by atoms with Gasteiger partial charge in [-0.05, 0) is 36.8 Å². The number of ether oxygens (including phenoxy) is 1. The van der Waals surface area contributed by atoms with Crippen LogP contribution in [-0.2, 0) is 14.3 Å². The van der Waals surface area contributed by atoms with Gasteiger partial charge >= 0.3 is 5.97 Å². The summed E-state index contributed by atoms with van der Waals surface area (Å²) in [5, 5.41) is 14.2. The molecule has 1 atom stereocenters. The van der Waals surface area contributed by atoms with Crippen molar-refractivity contribution in [3.63, 3.8) is 0 Å². The number of carbonyl (C=O) groups is 2. The molecule has 8 heteroatoms. The maximum absolute atomic E-state index is 11.9. The maximum atomic E-state index is 11.9. The van der Waals surface area contributed by atoms with E-state index >= 15 is 0 Å². The van der Waals surface area contributed by atoms with Gasteiger partial charge < -0.3 is 10.1 Å². The fraction of sp³-hybridized carbons (Fsp3) is 0.158. The highest BCUT2D eigenvalue weighted by atomic mass is 35.5. The molecule has 2 rings (SSSR count). The Morgan fingerprint density at radius 3 is 2.70 bits per heavy atom. The van der Waals surface area contributed by atoms with Crippen LogP contribution in [0.4, 0.5) is 5.69 Å². The molecule has 0 aliphatic heterocycles. The van der Waals surface area contributed by atoms with E-state index in [1.807, 2.05) is 6.07 Å². The quantitative estimate of drug-likeness (QED) is 0.337. The topological polar surface area (TPSA) is 98.5 Å². The minimum absolute atomic E-state index is 0.130. The highest BCUT2D eigenvalue weighted by molar-refractivity contribution is 6.30. The first-order valence-corrected chi connectivity index (χ1v) is 8.37. The molecule has 0 spiro atoms. The summed E-state index contributed by atoms with van der Waals surface area (Å²) >= 11 is 5.91. The molecule has 0 fully saturated rings. The van der Waals surface area contributed by atoms with E-state index in [2.05, 4.69) is 5.32 Å². The molecular weight excluding hydrogens is 372 g/mol. The van der Waals surface area contributed by atoms with Gasteiger partial charge in [0.15, 0.2) is 6.61 Å². The Kier molecular flexibility index (Phi) is 7.08. The number of benzene rings is 2. The predicted octanol–water partition coefficient (Wildman–Crippen LogP) is 3.68. The molecule has 1 N–H and O–H groups in total. The Labute approximate surface area is 160 Å². The molecule has 7 nitrogen and oxygen atoms in total. The molecule has 0 saturated carbocycles. The van der Waals surface area contributed by atoms with Crippen LogP contribution in [0.15, 0.2) is 54.6 Å². The molecule has 0 aromatic heterocycles. The van der Waals surface area contributed by atoms with Gasteiger partial charge in [-0.15, -0.1) is 0 Å². The van der Waals surface area contributed by atoms with E-state index in [9.17, 15) is 19.7 Å². The van der Waals surface area contributed by atoms with Crippen LogP contribution in [0, 0.1) is 10.1 Å². The zero-order valence-corrected chi connectivity index (χ0v) is 15.2. The Morgan fingerprint density at radius 2 is 2.00 bits per heavy atom. The number of nitro benzene ring substituents is 1. The lowest BCUT2D eigenvalue weighted by Gasteiger charge is -2.14. The summed E-state index contributed by atoms with van der Waals surface area (Å²) < 4.78 is 4.85. The molecule has 0 unspecified atom stereocenters. The molecule has 140 valence electrons. The Bertz CT molecular complexity index is 882. The summed E-state index contributed by atoms with van der Waals surface area (Å²) in [7, 11) is 0. The summed E-state index contributed by atoms with van der Waals surface area (Å²) in [6.07, 6.45) is 2.31. The van der Waals surface area contributed by atoms with E-state index in [4.69, 9.17) is 16.3 Å². The molecule has 27 heavy (non-hydrogen) atoms. The lowest BCUT2D eigenvalue weighted by Crippen LogP contribution is -2.30. The number of nitro groups is 1. The fourth-order valence-corrected chi connectivity index (χ4v) is 2.48. The summed E-state index contributed by atoms with van der Waals surface area (Å²) in [6, 6.07) is 12.7. The highest BCUT2D eigenvalue weighted by Gasteiger charge is 2.12. The average molecular weight is 389 g/mol. The molecule has 2 aromatic carbocycles. The van der Waals surface area contributed by atoms with E-state index in [0.717, 1.165) is 11.6 Å². The monoisotopic (exact) mass is 388 g/mol. The molecule has 2 aromatic rings. The molecule has 1 amide bonds. The van der Waals surface area contributed by atoms with Crippen molar-refractivity contribution in [2.75, 3.05) is 6.61 Å². The van der Waals surface area contributed by atoms with Crippen LogP contribution in [0.2, 0.25) is 5.02 Å². The van der Waals surface area contributed by atoms with Crippen molar-refractivity contribution >= 4 is 35.2 Å². The van der Waals surface area contributed by atoms with E-state index in [1.54, 1.807) is 31.2 Å². The van der Waals surface area contributed by atoms with Gasteiger partial charge in [0.2, 0.25) is 0 Å². The third-order valence-electron chi connectivity index (χ3n) is 3.60. The van der Waals surface area contributed by atoms with Crippen LogP contribution in [0.3, 0.4) is 0 Å². The van der Waals surface area contributed by atoms with Crippen LogP contribution >= 0.6 is 11.6 Å². The lowest BCUT2D eigenvalue weighted by atomic mass is 10.1. The maximum Gasteiger partial charge on any atom is 0.331 e. The average Bonchev–Trinajstić information content (AvgIpc) is 2.64. The summed E-state index contributed by atoms with van der Waals surface area (Å²) in [6.45, 7) is 1.31. The summed E-state index contributed by atoms with van der Waals surface area (Å²) in [4.78, 5) is 34.0. The smallest absolute Gasteiger partial charge is 0.331 e. The second kappa shape index (κ2) is 9.49. The number of halogens is 1. The Morgan fingerprint density at radius 1 is 1.26 bits per heavy atom. The summed E-state index contributed by atoms with van der Waals surface area (Å²) in [5.74, 6) is -1.26.